The van der Waals surface area contributed by atoms with E-state index in [1.165, 1.54) is 28.0 Å². The van der Waals surface area contributed by atoms with Crippen LogP contribution in [0.5, 0.6) is 17.2 Å². The lowest BCUT2D eigenvalue weighted by Crippen LogP contribution is -2.29. The van der Waals surface area contributed by atoms with Gasteiger partial charge in [0.15, 0.2) is 15.8 Å². The zero-order chi connectivity index (χ0) is 31.9. The number of hydrogen-bond acceptors (Lipinski definition) is 10. The Morgan fingerprint density at radius 3 is 2.44 bits per heavy atom. The number of rotatable bonds is 13. The monoisotopic (exact) mass is 645 g/mol. The van der Waals surface area contributed by atoms with Gasteiger partial charge in [-0.25, -0.2) is 0 Å². The van der Waals surface area contributed by atoms with Gasteiger partial charge in [-0.3, -0.25) is 14.5 Å². The fourth-order valence-corrected chi connectivity index (χ4v) is 6.64. The van der Waals surface area contributed by atoms with Crippen LogP contribution in [0, 0.1) is 5.92 Å². The zero-order valence-corrected chi connectivity index (χ0v) is 27.2. The van der Waals surface area contributed by atoms with E-state index in [1.807, 2.05) is 37.3 Å². The first kappa shape index (κ1) is 32.1. The summed E-state index contributed by atoms with van der Waals surface area (Å²) >= 11 is 2.71. The van der Waals surface area contributed by atoms with Crippen LogP contribution in [0.25, 0.3) is 5.76 Å². The van der Waals surface area contributed by atoms with Gasteiger partial charge in [0.1, 0.15) is 11.5 Å². The highest BCUT2D eigenvalue weighted by Gasteiger charge is 2.48. The van der Waals surface area contributed by atoms with E-state index in [0.717, 1.165) is 12.0 Å². The molecule has 0 radical (unpaired) electrons. The Kier molecular flexibility index (Phi) is 10.4. The van der Waals surface area contributed by atoms with Crippen molar-refractivity contribution in [3.63, 3.8) is 0 Å². The van der Waals surface area contributed by atoms with Gasteiger partial charge in [0.25, 0.3) is 5.78 Å². The summed E-state index contributed by atoms with van der Waals surface area (Å²) in [5, 5.41) is 20.4. The number of ether oxygens (including phenoxy) is 3. The summed E-state index contributed by atoms with van der Waals surface area (Å²) < 4.78 is 17.9. The second-order valence-electron chi connectivity index (χ2n) is 10.7. The highest BCUT2D eigenvalue weighted by atomic mass is 32.2. The van der Waals surface area contributed by atoms with Crippen LogP contribution in [0.2, 0.25) is 0 Å². The van der Waals surface area contributed by atoms with E-state index >= 15 is 0 Å². The molecule has 2 heterocycles. The van der Waals surface area contributed by atoms with Gasteiger partial charge < -0.3 is 19.3 Å². The number of aliphatic hydroxyl groups is 1. The van der Waals surface area contributed by atoms with Gasteiger partial charge in [0.05, 0.1) is 31.9 Å². The minimum Gasteiger partial charge on any atom is -0.507 e. The molecule has 0 bridgehead atoms. The fourth-order valence-electron chi connectivity index (χ4n) is 4.81. The number of hydrogen-bond donors (Lipinski definition) is 1. The molecule has 3 aromatic carbocycles. The lowest BCUT2D eigenvalue weighted by Gasteiger charge is -2.24. The lowest BCUT2D eigenvalue weighted by molar-refractivity contribution is -0.132. The first-order valence-electron chi connectivity index (χ1n) is 14.7. The molecule has 0 aliphatic carbocycles. The maximum Gasteiger partial charge on any atom is 0.301 e. The quantitative estimate of drug-likeness (QED) is 0.0527. The number of nitrogens with zero attached hydrogens (tertiary/aromatic N) is 3. The molecule has 1 aliphatic rings. The molecule has 1 aliphatic heterocycles. The molecule has 5 rings (SSSR count). The zero-order valence-electron chi connectivity index (χ0n) is 25.6. The molecular formula is C34H35N3O6S2. The third-order valence-electron chi connectivity index (χ3n) is 7.15. The number of aliphatic hydroxyl groups excluding tert-OH is 1. The molecular weight excluding hydrogens is 611 g/mol. The van der Waals surface area contributed by atoms with Crippen LogP contribution in [0.15, 0.2) is 82.7 Å². The van der Waals surface area contributed by atoms with Crippen LogP contribution in [-0.4, -0.2) is 47.3 Å². The third kappa shape index (κ3) is 7.32. The van der Waals surface area contributed by atoms with Crippen molar-refractivity contribution >= 4 is 45.7 Å². The number of ketones is 1. The summed E-state index contributed by atoms with van der Waals surface area (Å²) in [5.74, 6) is 0.840. The molecule has 1 saturated heterocycles. The SMILES string of the molecule is CCOc1cc(C2/C(=C(\O)c3ccc(OC)cc3)C(=O)C(=O)N2c2nnc(SCc3ccccc3)s2)ccc1OCCC(C)C. The minimum atomic E-state index is -0.990. The average molecular weight is 646 g/mol. The standard InChI is InChI=1S/C34H35N3O6S2/c1-5-42-27-19-24(13-16-26(27)43-18-17-21(2)3)29-28(30(38)23-11-14-25(41-4)15-12-23)31(39)32(40)37(29)33-35-36-34(45-33)44-20-22-9-7-6-8-10-22/h6-16,19,21,29,38H,5,17-18,20H2,1-4H3/b30-28+. The van der Waals surface area contributed by atoms with Crippen molar-refractivity contribution in [3.05, 3.63) is 95.1 Å². The summed E-state index contributed by atoms with van der Waals surface area (Å²) in [5.41, 5.74) is 1.99. The molecule has 1 amide bonds. The van der Waals surface area contributed by atoms with E-state index in [4.69, 9.17) is 14.2 Å². The number of Topliss-reactive ketones (excluding diaryl/α,β-unsaturated/α-hetero) is 1. The van der Waals surface area contributed by atoms with Gasteiger partial charge >= 0.3 is 5.91 Å². The first-order chi connectivity index (χ1) is 21.8. The molecule has 0 spiro atoms. The summed E-state index contributed by atoms with van der Waals surface area (Å²) in [6, 6.07) is 20.9. The maximum atomic E-state index is 13.7. The van der Waals surface area contributed by atoms with Gasteiger partial charge in [-0.05, 0) is 66.8 Å². The molecule has 1 aromatic heterocycles. The van der Waals surface area contributed by atoms with E-state index < -0.39 is 17.7 Å². The van der Waals surface area contributed by atoms with Crippen molar-refractivity contribution in [2.75, 3.05) is 25.2 Å². The van der Waals surface area contributed by atoms with Crippen LogP contribution in [0.1, 0.15) is 49.9 Å². The van der Waals surface area contributed by atoms with Gasteiger partial charge in [0.2, 0.25) is 5.13 Å². The van der Waals surface area contributed by atoms with E-state index in [-0.39, 0.29) is 16.5 Å². The first-order valence-corrected chi connectivity index (χ1v) is 16.5. The van der Waals surface area contributed by atoms with Crippen LogP contribution in [-0.2, 0) is 15.3 Å². The number of carbonyl (C=O) groups is 2. The van der Waals surface area contributed by atoms with Crippen molar-refractivity contribution in [3.8, 4) is 17.2 Å². The van der Waals surface area contributed by atoms with E-state index in [2.05, 4.69) is 24.0 Å². The second-order valence-corrected chi connectivity index (χ2v) is 12.9. The Bertz CT molecular complexity index is 1670. The van der Waals surface area contributed by atoms with Crippen molar-refractivity contribution in [2.24, 2.45) is 5.92 Å². The summed E-state index contributed by atoms with van der Waals surface area (Å²) in [4.78, 5) is 28.7. The smallest absolute Gasteiger partial charge is 0.301 e. The molecule has 0 saturated carbocycles. The molecule has 1 atom stereocenters. The Labute approximate surface area is 270 Å². The lowest BCUT2D eigenvalue weighted by atomic mass is 9.95. The van der Waals surface area contributed by atoms with Crippen molar-refractivity contribution < 1.29 is 28.9 Å². The molecule has 9 nitrogen and oxygen atoms in total. The Morgan fingerprint density at radius 1 is 1.00 bits per heavy atom. The molecule has 234 valence electrons. The average Bonchev–Trinajstić information content (AvgIpc) is 3.62. The highest BCUT2D eigenvalue weighted by Crippen LogP contribution is 2.45. The molecule has 1 fully saturated rings. The fraction of sp³-hybridized carbons (Fsp3) is 0.294. The Morgan fingerprint density at radius 2 is 1.76 bits per heavy atom. The van der Waals surface area contributed by atoms with Crippen LogP contribution in [0.3, 0.4) is 0 Å². The number of amides is 1. The summed E-state index contributed by atoms with van der Waals surface area (Å²) in [6.07, 6.45) is 0.872. The molecule has 4 aromatic rings. The normalized spacial score (nSPS) is 15.9. The van der Waals surface area contributed by atoms with Gasteiger partial charge in [0, 0.05) is 11.3 Å². The van der Waals surface area contributed by atoms with Gasteiger partial charge in [-0.15, -0.1) is 10.2 Å². The van der Waals surface area contributed by atoms with E-state index in [1.54, 1.807) is 49.6 Å². The topological polar surface area (TPSA) is 111 Å². The van der Waals surface area contributed by atoms with Gasteiger partial charge in [-0.2, -0.15) is 0 Å². The number of methoxy groups -OCH3 is 1. The van der Waals surface area contributed by atoms with Crippen molar-refractivity contribution in [1.82, 2.24) is 10.2 Å². The molecule has 45 heavy (non-hydrogen) atoms. The Hall–Kier alpha value is -4.35. The predicted octanol–water partition coefficient (Wildman–Crippen LogP) is 7.29. The third-order valence-corrected chi connectivity index (χ3v) is 9.28. The predicted molar refractivity (Wildman–Crippen MR) is 176 cm³/mol. The van der Waals surface area contributed by atoms with Crippen molar-refractivity contribution in [1.29, 1.82) is 0 Å². The van der Waals surface area contributed by atoms with Crippen LogP contribution in [0.4, 0.5) is 5.13 Å². The number of thioether (sulfide) groups is 1. The largest absolute Gasteiger partial charge is 0.507 e. The van der Waals surface area contributed by atoms with E-state index in [0.29, 0.717) is 57.6 Å². The van der Waals surface area contributed by atoms with Crippen molar-refractivity contribution in [2.45, 2.75) is 43.3 Å². The molecule has 1 N–H and O–H groups in total. The molecule has 11 heteroatoms. The van der Waals surface area contributed by atoms with E-state index in [9.17, 15) is 14.7 Å². The maximum absolute atomic E-state index is 13.7. The van der Waals surface area contributed by atoms with Gasteiger partial charge in [-0.1, -0.05) is 73.3 Å². The highest BCUT2D eigenvalue weighted by molar-refractivity contribution is 8.00. The summed E-state index contributed by atoms with van der Waals surface area (Å²) in [6.45, 7) is 7.02. The number of aromatic nitrogens is 2. The molecule has 1 unspecified atom stereocenters. The van der Waals surface area contributed by atoms with Crippen LogP contribution < -0.4 is 19.1 Å². The number of anilines is 1. The van der Waals surface area contributed by atoms with Crippen LogP contribution >= 0.6 is 23.1 Å². The summed E-state index contributed by atoms with van der Waals surface area (Å²) in [7, 11) is 1.54. The number of benzene rings is 3. The Balaban J connectivity index is 1.56. The number of carbonyl (C=O) groups excluding carboxylic acids is 2. The second kappa shape index (κ2) is 14.6. The minimum absolute atomic E-state index is 0.0604.